The first-order valence-electron chi connectivity index (χ1n) is 9.25. The molecule has 0 aliphatic heterocycles. The summed E-state index contributed by atoms with van der Waals surface area (Å²) in [4.78, 5) is 37.9. The Hall–Kier alpha value is -2.35. The van der Waals surface area contributed by atoms with Crippen LogP contribution in [-0.4, -0.2) is 37.8 Å². The van der Waals surface area contributed by atoms with Gasteiger partial charge in [0.1, 0.15) is 5.69 Å². The summed E-state index contributed by atoms with van der Waals surface area (Å²) >= 11 is 1.37. The molecule has 0 radical (unpaired) electrons. The molecule has 2 aliphatic rings. The number of nitrogens with one attached hydrogen (secondary N) is 2. The molecule has 2 amide bonds. The third-order valence-electron chi connectivity index (χ3n) is 5.63. The summed E-state index contributed by atoms with van der Waals surface area (Å²) in [5.74, 6) is -0.299. The standard InChI is InChI=1S/C19H23N5O2S/c1-12-8-20-9-14(21-12)15(25)23-18-4-3-5-19(11-18,7-6-18)24-16(26)17-22-13(2)10-27-17/h8-10H,3-7,11H2,1-2H3,(H,23,25)(H,24,26). The predicted octanol–water partition coefficient (Wildman–Crippen LogP) is 2.56. The Balaban J connectivity index is 1.48. The molecular formula is C19H23N5O2S. The molecule has 2 saturated carbocycles. The molecule has 2 aliphatic carbocycles. The zero-order chi connectivity index (χ0) is 19.1. The first kappa shape index (κ1) is 18.0. The van der Waals surface area contributed by atoms with Gasteiger partial charge in [-0.15, -0.1) is 11.3 Å². The number of aromatic nitrogens is 3. The quantitative estimate of drug-likeness (QED) is 0.843. The van der Waals surface area contributed by atoms with E-state index >= 15 is 0 Å². The van der Waals surface area contributed by atoms with Crippen LogP contribution in [0.5, 0.6) is 0 Å². The lowest BCUT2D eigenvalue weighted by atomic mass is 9.78. The summed E-state index contributed by atoms with van der Waals surface area (Å²) in [5.41, 5.74) is 1.37. The Kier molecular flexibility index (Phi) is 4.46. The van der Waals surface area contributed by atoms with E-state index in [1.165, 1.54) is 17.5 Å². The molecule has 2 N–H and O–H groups in total. The van der Waals surface area contributed by atoms with Crippen molar-refractivity contribution in [1.29, 1.82) is 0 Å². The molecule has 4 rings (SSSR count). The predicted molar refractivity (Wildman–Crippen MR) is 102 cm³/mol. The smallest absolute Gasteiger partial charge is 0.280 e. The average Bonchev–Trinajstić information content (AvgIpc) is 3.16. The van der Waals surface area contributed by atoms with Crippen LogP contribution in [0.3, 0.4) is 0 Å². The van der Waals surface area contributed by atoms with E-state index in [4.69, 9.17) is 0 Å². The van der Waals surface area contributed by atoms with Crippen molar-refractivity contribution in [2.24, 2.45) is 0 Å². The van der Waals surface area contributed by atoms with Gasteiger partial charge in [-0.05, 0) is 52.4 Å². The third kappa shape index (κ3) is 3.58. The van der Waals surface area contributed by atoms with Crippen molar-refractivity contribution < 1.29 is 9.59 Å². The van der Waals surface area contributed by atoms with Crippen LogP contribution in [0.1, 0.15) is 70.2 Å². The number of thiazole rings is 1. The fraction of sp³-hybridized carbons (Fsp3) is 0.526. The molecule has 0 aromatic carbocycles. The Morgan fingerprint density at radius 3 is 2.30 bits per heavy atom. The molecule has 142 valence electrons. The summed E-state index contributed by atoms with van der Waals surface area (Å²) in [6.07, 6.45) is 8.43. The number of nitrogens with zero attached hydrogens (tertiary/aromatic N) is 3. The van der Waals surface area contributed by atoms with Crippen LogP contribution in [0.4, 0.5) is 0 Å². The molecule has 2 atom stereocenters. The molecule has 0 saturated heterocycles. The number of hydrogen-bond donors (Lipinski definition) is 2. The fourth-order valence-corrected chi connectivity index (χ4v) is 5.15. The van der Waals surface area contributed by atoms with Crippen LogP contribution < -0.4 is 10.6 Å². The van der Waals surface area contributed by atoms with Crippen LogP contribution in [0.2, 0.25) is 0 Å². The minimum Gasteiger partial charge on any atom is -0.345 e. The molecule has 0 spiro atoms. The highest BCUT2D eigenvalue weighted by Gasteiger charge is 2.52. The maximum absolute atomic E-state index is 12.7. The van der Waals surface area contributed by atoms with Crippen molar-refractivity contribution in [2.75, 3.05) is 0 Å². The topological polar surface area (TPSA) is 96.9 Å². The van der Waals surface area contributed by atoms with Gasteiger partial charge in [0.15, 0.2) is 5.01 Å². The van der Waals surface area contributed by atoms with Gasteiger partial charge in [0.2, 0.25) is 0 Å². The lowest BCUT2D eigenvalue weighted by molar-refractivity contribution is 0.0829. The first-order chi connectivity index (χ1) is 12.9. The number of rotatable bonds is 4. The summed E-state index contributed by atoms with van der Waals surface area (Å²) in [6, 6.07) is 0. The second-order valence-corrected chi connectivity index (χ2v) is 8.70. The van der Waals surface area contributed by atoms with E-state index in [1.54, 1.807) is 6.20 Å². The number of aryl methyl sites for hydroxylation is 2. The Labute approximate surface area is 162 Å². The van der Waals surface area contributed by atoms with Gasteiger partial charge in [-0.3, -0.25) is 14.6 Å². The number of carbonyl (C=O) groups is 2. The van der Waals surface area contributed by atoms with Crippen LogP contribution in [-0.2, 0) is 0 Å². The highest BCUT2D eigenvalue weighted by atomic mass is 32.1. The molecule has 7 nitrogen and oxygen atoms in total. The van der Waals surface area contributed by atoms with Crippen molar-refractivity contribution in [3.63, 3.8) is 0 Å². The molecule has 2 aromatic heterocycles. The van der Waals surface area contributed by atoms with Gasteiger partial charge in [0.25, 0.3) is 11.8 Å². The fourth-order valence-electron chi connectivity index (χ4n) is 4.46. The van der Waals surface area contributed by atoms with Gasteiger partial charge in [0.05, 0.1) is 11.9 Å². The minimum absolute atomic E-state index is 0.110. The van der Waals surface area contributed by atoms with Crippen molar-refractivity contribution in [1.82, 2.24) is 25.6 Å². The highest BCUT2D eigenvalue weighted by Crippen LogP contribution is 2.48. The molecule has 2 bridgehead atoms. The van der Waals surface area contributed by atoms with Gasteiger partial charge >= 0.3 is 0 Å². The molecule has 2 unspecified atom stereocenters. The number of amides is 2. The normalized spacial score (nSPS) is 26.6. The lowest BCUT2D eigenvalue weighted by Crippen LogP contribution is -2.55. The second-order valence-electron chi connectivity index (χ2n) is 7.84. The average molecular weight is 385 g/mol. The molecule has 2 fully saturated rings. The summed E-state index contributed by atoms with van der Waals surface area (Å²) < 4.78 is 0. The number of carbonyl (C=O) groups excluding carboxylic acids is 2. The van der Waals surface area contributed by atoms with E-state index in [1.807, 2.05) is 19.2 Å². The van der Waals surface area contributed by atoms with E-state index in [-0.39, 0.29) is 22.9 Å². The van der Waals surface area contributed by atoms with Crippen molar-refractivity contribution in [3.8, 4) is 0 Å². The van der Waals surface area contributed by atoms with Gasteiger partial charge in [0, 0.05) is 28.3 Å². The monoisotopic (exact) mass is 385 g/mol. The largest absolute Gasteiger partial charge is 0.345 e. The number of hydrogen-bond acceptors (Lipinski definition) is 6. The Morgan fingerprint density at radius 1 is 0.963 bits per heavy atom. The van der Waals surface area contributed by atoms with Gasteiger partial charge in [-0.1, -0.05) is 0 Å². The van der Waals surface area contributed by atoms with E-state index in [0.717, 1.165) is 49.9 Å². The minimum atomic E-state index is -0.285. The van der Waals surface area contributed by atoms with E-state index < -0.39 is 0 Å². The Bertz CT molecular complexity index is 898. The van der Waals surface area contributed by atoms with Crippen molar-refractivity contribution >= 4 is 23.2 Å². The molecule has 27 heavy (non-hydrogen) atoms. The molecule has 2 heterocycles. The van der Waals surface area contributed by atoms with Crippen LogP contribution >= 0.6 is 11.3 Å². The maximum atomic E-state index is 12.7. The zero-order valence-corrected chi connectivity index (χ0v) is 16.4. The molecular weight excluding hydrogens is 362 g/mol. The number of fused-ring (bicyclic) bond motifs is 2. The van der Waals surface area contributed by atoms with Crippen LogP contribution in [0.15, 0.2) is 17.8 Å². The van der Waals surface area contributed by atoms with E-state index in [2.05, 4.69) is 25.6 Å². The van der Waals surface area contributed by atoms with Crippen molar-refractivity contribution in [2.45, 2.75) is 63.5 Å². The second kappa shape index (κ2) is 6.67. The molecule has 2 aromatic rings. The summed E-state index contributed by atoms with van der Waals surface area (Å²) in [7, 11) is 0. The molecule has 8 heteroatoms. The third-order valence-corrected chi connectivity index (χ3v) is 6.59. The maximum Gasteiger partial charge on any atom is 0.280 e. The summed E-state index contributed by atoms with van der Waals surface area (Å²) in [6.45, 7) is 3.70. The zero-order valence-electron chi connectivity index (χ0n) is 15.5. The van der Waals surface area contributed by atoms with E-state index in [9.17, 15) is 9.59 Å². The van der Waals surface area contributed by atoms with Crippen molar-refractivity contribution in [3.05, 3.63) is 39.9 Å². The summed E-state index contributed by atoms with van der Waals surface area (Å²) in [5, 5.41) is 8.82. The van der Waals surface area contributed by atoms with Gasteiger partial charge in [-0.2, -0.15) is 0 Å². The lowest BCUT2D eigenvalue weighted by Gasteiger charge is -2.40. The van der Waals surface area contributed by atoms with Gasteiger partial charge < -0.3 is 10.6 Å². The van der Waals surface area contributed by atoms with E-state index in [0.29, 0.717) is 10.7 Å². The van der Waals surface area contributed by atoms with Crippen LogP contribution in [0, 0.1) is 13.8 Å². The Morgan fingerprint density at radius 2 is 1.67 bits per heavy atom. The van der Waals surface area contributed by atoms with Gasteiger partial charge in [-0.25, -0.2) is 9.97 Å². The SMILES string of the molecule is Cc1cncc(C(=O)NC23CCCC(NC(=O)c4nc(C)cs4)(CC2)C3)n1. The first-order valence-corrected chi connectivity index (χ1v) is 10.1. The van der Waals surface area contributed by atoms with Crippen LogP contribution in [0.25, 0.3) is 0 Å². The highest BCUT2D eigenvalue weighted by molar-refractivity contribution is 7.11.